The fourth-order valence-electron chi connectivity index (χ4n) is 3.06. The largest absolute Gasteiger partial charge is 0.332 e. The van der Waals surface area contributed by atoms with Gasteiger partial charge in [0.25, 0.3) is 5.91 Å². The van der Waals surface area contributed by atoms with Crippen LogP contribution in [-0.4, -0.2) is 40.7 Å². The third-order valence-corrected chi connectivity index (χ3v) is 5.48. The fraction of sp³-hybridized carbons (Fsp3) is 0.250. The second kappa shape index (κ2) is 7.93. The van der Waals surface area contributed by atoms with Gasteiger partial charge in [-0.05, 0) is 36.1 Å². The predicted octanol–water partition coefficient (Wildman–Crippen LogP) is 2.87. The molecule has 4 amide bonds. The number of thiophene rings is 1. The zero-order valence-electron chi connectivity index (χ0n) is 15.4. The summed E-state index contributed by atoms with van der Waals surface area (Å²) in [6.07, 6.45) is 1.60. The number of halogens is 1. The molecule has 1 aliphatic rings. The quantitative estimate of drug-likeness (QED) is 0.573. The highest BCUT2D eigenvalue weighted by molar-refractivity contribution is 7.09. The molecule has 1 N–H and O–H groups in total. The average Bonchev–Trinajstić information content (AvgIpc) is 3.25. The summed E-state index contributed by atoms with van der Waals surface area (Å²) in [5.41, 5.74) is -0.897. The van der Waals surface area contributed by atoms with Crippen molar-refractivity contribution < 1.29 is 18.8 Å². The van der Waals surface area contributed by atoms with E-state index in [0.717, 1.165) is 9.78 Å². The summed E-state index contributed by atoms with van der Waals surface area (Å²) in [5, 5.41) is 4.53. The normalized spacial score (nSPS) is 18.9. The molecule has 0 spiro atoms. The lowest BCUT2D eigenvalue weighted by Gasteiger charge is -2.24. The standard InChI is InChI=1S/C20H20FN3O3S/c1-3-10-23(12-16-5-4-11-28-16)17(25)13-24-18(26)20(2,22-19(24)27)14-6-8-15(21)9-7-14/h3-9,11H,1,10,12-13H2,2H3,(H,22,27). The lowest BCUT2D eigenvalue weighted by Crippen LogP contribution is -2.44. The lowest BCUT2D eigenvalue weighted by atomic mass is 9.92. The monoisotopic (exact) mass is 401 g/mol. The molecule has 2 heterocycles. The molecule has 1 atom stereocenters. The predicted molar refractivity (Wildman–Crippen MR) is 104 cm³/mol. The van der Waals surface area contributed by atoms with Crippen LogP contribution in [0.15, 0.2) is 54.4 Å². The molecule has 1 aliphatic heterocycles. The minimum Gasteiger partial charge on any atom is -0.332 e. The number of carbonyl (C=O) groups is 3. The van der Waals surface area contributed by atoms with Crippen LogP contribution in [0.1, 0.15) is 17.4 Å². The molecule has 146 valence electrons. The molecule has 28 heavy (non-hydrogen) atoms. The number of hydrogen-bond donors (Lipinski definition) is 1. The molecule has 0 saturated carbocycles. The molecule has 1 aromatic heterocycles. The molecule has 6 nitrogen and oxygen atoms in total. The fourth-order valence-corrected chi connectivity index (χ4v) is 3.78. The highest BCUT2D eigenvalue weighted by Gasteiger charge is 2.49. The average molecular weight is 401 g/mol. The minimum atomic E-state index is -1.35. The van der Waals surface area contributed by atoms with Gasteiger partial charge in [-0.1, -0.05) is 24.3 Å². The summed E-state index contributed by atoms with van der Waals surface area (Å²) in [6, 6.07) is 8.48. The number of amides is 4. The number of carbonyl (C=O) groups excluding carboxylic acids is 3. The Bertz CT molecular complexity index is 898. The van der Waals surface area contributed by atoms with Crippen molar-refractivity contribution in [3.05, 3.63) is 70.7 Å². The Morgan fingerprint density at radius 3 is 2.64 bits per heavy atom. The maximum absolute atomic E-state index is 13.2. The van der Waals surface area contributed by atoms with Gasteiger partial charge in [0, 0.05) is 11.4 Å². The molecule has 1 unspecified atom stereocenters. The van der Waals surface area contributed by atoms with Crippen molar-refractivity contribution in [1.29, 1.82) is 0 Å². The van der Waals surface area contributed by atoms with Crippen LogP contribution >= 0.6 is 11.3 Å². The van der Waals surface area contributed by atoms with Crippen molar-refractivity contribution in [2.45, 2.75) is 19.0 Å². The topological polar surface area (TPSA) is 69.7 Å². The smallest absolute Gasteiger partial charge is 0.325 e. The van der Waals surface area contributed by atoms with E-state index in [0.29, 0.717) is 18.7 Å². The van der Waals surface area contributed by atoms with Crippen molar-refractivity contribution in [3.8, 4) is 0 Å². The van der Waals surface area contributed by atoms with Crippen LogP contribution in [-0.2, 0) is 21.7 Å². The third kappa shape index (κ3) is 3.82. The van der Waals surface area contributed by atoms with E-state index in [2.05, 4.69) is 11.9 Å². The molecular formula is C20H20FN3O3S. The lowest BCUT2D eigenvalue weighted by molar-refractivity contribution is -0.138. The zero-order chi connectivity index (χ0) is 20.3. The Kier molecular flexibility index (Phi) is 5.60. The molecule has 0 radical (unpaired) electrons. The number of imide groups is 1. The van der Waals surface area contributed by atoms with Crippen molar-refractivity contribution in [2.24, 2.45) is 0 Å². The molecule has 2 aromatic rings. The summed E-state index contributed by atoms with van der Waals surface area (Å²) >= 11 is 1.52. The van der Waals surface area contributed by atoms with Gasteiger partial charge < -0.3 is 10.2 Å². The Morgan fingerprint density at radius 1 is 1.32 bits per heavy atom. The van der Waals surface area contributed by atoms with Gasteiger partial charge in [-0.3, -0.25) is 14.5 Å². The molecule has 3 rings (SSSR count). The number of hydrogen-bond acceptors (Lipinski definition) is 4. The van der Waals surface area contributed by atoms with Gasteiger partial charge in [0.1, 0.15) is 17.9 Å². The second-order valence-corrected chi connectivity index (χ2v) is 7.63. The Labute approximate surface area is 166 Å². The van der Waals surface area contributed by atoms with E-state index in [-0.39, 0.29) is 12.5 Å². The van der Waals surface area contributed by atoms with Gasteiger partial charge in [-0.2, -0.15) is 0 Å². The first-order valence-electron chi connectivity index (χ1n) is 8.66. The second-order valence-electron chi connectivity index (χ2n) is 6.60. The van der Waals surface area contributed by atoms with Crippen LogP contribution in [0.25, 0.3) is 0 Å². The van der Waals surface area contributed by atoms with E-state index >= 15 is 0 Å². The van der Waals surface area contributed by atoms with Crippen LogP contribution in [0.4, 0.5) is 9.18 Å². The minimum absolute atomic E-state index is 0.301. The Morgan fingerprint density at radius 2 is 2.04 bits per heavy atom. The first-order valence-corrected chi connectivity index (χ1v) is 9.54. The van der Waals surface area contributed by atoms with Crippen molar-refractivity contribution >= 4 is 29.2 Å². The number of benzene rings is 1. The number of rotatable bonds is 7. The van der Waals surface area contributed by atoms with E-state index in [4.69, 9.17) is 0 Å². The van der Waals surface area contributed by atoms with Gasteiger partial charge in [-0.25, -0.2) is 9.18 Å². The van der Waals surface area contributed by atoms with Gasteiger partial charge in [0.2, 0.25) is 5.91 Å². The zero-order valence-corrected chi connectivity index (χ0v) is 16.2. The third-order valence-electron chi connectivity index (χ3n) is 4.62. The maximum Gasteiger partial charge on any atom is 0.325 e. The number of urea groups is 1. The van der Waals surface area contributed by atoms with Crippen LogP contribution in [0.2, 0.25) is 0 Å². The number of nitrogens with zero attached hydrogens (tertiary/aromatic N) is 2. The maximum atomic E-state index is 13.2. The van der Waals surface area contributed by atoms with Crippen LogP contribution in [0.5, 0.6) is 0 Å². The van der Waals surface area contributed by atoms with Gasteiger partial charge in [0.05, 0.1) is 6.54 Å². The van der Waals surface area contributed by atoms with Crippen LogP contribution in [0, 0.1) is 5.82 Å². The van der Waals surface area contributed by atoms with E-state index in [9.17, 15) is 18.8 Å². The summed E-state index contributed by atoms with van der Waals surface area (Å²) in [4.78, 5) is 41.5. The summed E-state index contributed by atoms with van der Waals surface area (Å²) in [5.74, 6) is -1.35. The van der Waals surface area contributed by atoms with E-state index in [1.165, 1.54) is 47.4 Å². The molecule has 8 heteroatoms. The molecule has 0 bridgehead atoms. The summed E-state index contributed by atoms with van der Waals surface area (Å²) in [6.45, 7) is 5.51. The van der Waals surface area contributed by atoms with Gasteiger partial charge >= 0.3 is 6.03 Å². The summed E-state index contributed by atoms with van der Waals surface area (Å²) in [7, 11) is 0. The van der Waals surface area contributed by atoms with Gasteiger partial charge in [0.15, 0.2) is 0 Å². The first-order chi connectivity index (χ1) is 13.3. The highest BCUT2D eigenvalue weighted by Crippen LogP contribution is 2.29. The molecule has 0 aliphatic carbocycles. The molecule has 1 aromatic carbocycles. The Balaban J connectivity index is 1.76. The SMILES string of the molecule is C=CCN(Cc1cccs1)C(=O)CN1C(=O)NC(C)(c2ccc(F)cc2)C1=O. The molecular weight excluding hydrogens is 381 g/mol. The van der Waals surface area contributed by atoms with E-state index in [1.807, 2.05) is 17.5 Å². The highest BCUT2D eigenvalue weighted by atomic mass is 32.1. The van der Waals surface area contributed by atoms with Crippen LogP contribution < -0.4 is 5.32 Å². The van der Waals surface area contributed by atoms with Crippen LogP contribution in [0.3, 0.4) is 0 Å². The van der Waals surface area contributed by atoms with E-state index < -0.39 is 23.3 Å². The van der Waals surface area contributed by atoms with Crippen molar-refractivity contribution in [2.75, 3.05) is 13.1 Å². The first kappa shape index (κ1) is 19.8. The Hall–Kier alpha value is -3.00. The molecule has 1 fully saturated rings. The van der Waals surface area contributed by atoms with E-state index in [1.54, 1.807) is 6.08 Å². The van der Waals surface area contributed by atoms with Gasteiger partial charge in [-0.15, -0.1) is 17.9 Å². The van der Waals surface area contributed by atoms with Crippen molar-refractivity contribution in [3.63, 3.8) is 0 Å². The molecule has 1 saturated heterocycles. The summed E-state index contributed by atoms with van der Waals surface area (Å²) < 4.78 is 13.2. The number of nitrogens with one attached hydrogen (secondary N) is 1. The van der Waals surface area contributed by atoms with Crippen molar-refractivity contribution in [1.82, 2.24) is 15.1 Å².